The Labute approximate surface area is 157 Å². The molecule has 2 aromatic rings. The van der Waals surface area contributed by atoms with Gasteiger partial charge < -0.3 is 20.3 Å². The Hall–Kier alpha value is -2.08. The second-order valence-electron chi connectivity index (χ2n) is 6.52. The molecular weight excluding hydrogens is 354 g/mol. The Balaban J connectivity index is 1.49. The van der Waals surface area contributed by atoms with Crippen LogP contribution in [-0.4, -0.2) is 35.4 Å². The van der Waals surface area contributed by atoms with Crippen molar-refractivity contribution in [1.82, 2.24) is 5.32 Å². The standard InChI is InChI=1S/C20H22ClNO4/c21-16-3-1-2-14(10-16)18(23)12-22-11-17-6-5-15-8-13(9-20(24)25)4-7-19(15)26-17/h1-4,7-8,10,17-18,22-23H,5-6,9,11-12H2,(H,24,25). The fraction of sp³-hybridized carbons (Fsp3) is 0.350. The Kier molecular flexibility index (Phi) is 6.14. The first-order valence-corrected chi connectivity index (χ1v) is 9.03. The van der Waals surface area contributed by atoms with Crippen LogP contribution in [-0.2, 0) is 17.6 Å². The SMILES string of the molecule is O=C(O)Cc1ccc2c(c1)CCC(CNCC(O)c1cccc(Cl)c1)O2. The molecule has 1 aliphatic rings. The number of carboxylic acid groups (broad SMARTS) is 1. The highest BCUT2D eigenvalue weighted by Gasteiger charge is 2.20. The molecule has 3 N–H and O–H groups in total. The molecule has 5 nitrogen and oxygen atoms in total. The molecule has 0 amide bonds. The van der Waals surface area contributed by atoms with E-state index in [0.29, 0.717) is 18.1 Å². The van der Waals surface area contributed by atoms with Gasteiger partial charge in [0.15, 0.2) is 0 Å². The lowest BCUT2D eigenvalue weighted by atomic mass is 9.99. The summed E-state index contributed by atoms with van der Waals surface area (Å²) in [6.45, 7) is 1.05. The first-order chi connectivity index (χ1) is 12.5. The monoisotopic (exact) mass is 375 g/mol. The van der Waals surface area contributed by atoms with Crippen LogP contribution in [0.2, 0.25) is 5.02 Å². The number of aryl methyl sites for hydroxylation is 1. The van der Waals surface area contributed by atoms with Crippen LogP contribution in [0.5, 0.6) is 5.75 Å². The smallest absolute Gasteiger partial charge is 0.307 e. The predicted molar refractivity (Wildman–Crippen MR) is 99.8 cm³/mol. The highest BCUT2D eigenvalue weighted by Crippen LogP contribution is 2.28. The number of hydrogen-bond donors (Lipinski definition) is 3. The summed E-state index contributed by atoms with van der Waals surface area (Å²) >= 11 is 5.95. The summed E-state index contributed by atoms with van der Waals surface area (Å²) in [7, 11) is 0. The van der Waals surface area contributed by atoms with Crippen LogP contribution in [0.15, 0.2) is 42.5 Å². The average Bonchev–Trinajstić information content (AvgIpc) is 2.61. The summed E-state index contributed by atoms with van der Waals surface area (Å²) in [6, 6.07) is 12.8. The number of ether oxygens (including phenoxy) is 1. The van der Waals surface area contributed by atoms with Crippen molar-refractivity contribution >= 4 is 17.6 Å². The Morgan fingerprint density at radius 2 is 2.15 bits per heavy atom. The van der Waals surface area contributed by atoms with Crippen molar-refractivity contribution in [3.05, 3.63) is 64.2 Å². The third-order valence-corrected chi connectivity index (χ3v) is 4.69. The fourth-order valence-corrected chi connectivity index (χ4v) is 3.34. The molecule has 0 spiro atoms. The number of carboxylic acids is 1. The van der Waals surface area contributed by atoms with Gasteiger partial charge in [-0.1, -0.05) is 35.9 Å². The molecule has 2 atom stereocenters. The molecule has 1 aliphatic heterocycles. The zero-order valence-electron chi connectivity index (χ0n) is 14.3. The molecular formula is C20H22ClNO4. The van der Waals surface area contributed by atoms with Crippen molar-refractivity contribution in [2.45, 2.75) is 31.5 Å². The minimum Gasteiger partial charge on any atom is -0.489 e. The van der Waals surface area contributed by atoms with Crippen molar-refractivity contribution in [3.63, 3.8) is 0 Å². The van der Waals surface area contributed by atoms with Crippen LogP contribution >= 0.6 is 11.6 Å². The molecule has 0 bridgehead atoms. The third kappa shape index (κ3) is 4.97. The van der Waals surface area contributed by atoms with Gasteiger partial charge in [-0.3, -0.25) is 4.79 Å². The molecule has 2 aromatic carbocycles. The van der Waals surface area contributed by atoms with Crippen LogP contribution in [0.4, 0.5) is 0 Å². The lowest BCUT2D eigenvalue weighted by molar-refractivity contribution is -0.136. The number of benzene rings is 2. The van der Waals surface area contributed by atoms with Crippen molar-refractivity contribution < 1.29 is 19.7 Å². The van der Waals surface area contributed by atoms with E-state index < -0.39 is 12.1 Å². The van der Waals surface area contributed by atoms with Gasteiger partial charge in [0.1, 0.15) is 11.9 Å². The molecule has 3 rings (SSSR count). The largest absolute Gasteiger partial charge is 0.489 e. The van der Waals surface area contributed by atoms with Crippen molar-refractivity contribution in [2.75, 3.05) is 13.1 Å². The van der Waals surface area contributed by atoms with Crippen molar-refractivity contribution in [2.24, 2.45) is 0 Å². The van der Waals surface area contributed by atoms with E-state index >= 15 is 0 Å². The minimum atomic E-state index is -0.831. The minimum absolute atomic E-state index is 0.0272. The highest BCUT2D eigenvalue weighted by atomic mass is 35.5. The molecule has 1 heterocycles. The summed E-state index contributed by atoms with van der Waals surface area (Å²) in [5, 5.41) is 23.0. The normalized spacial score (nSPS) is 17.2. The Morgan fingerprint density at radius 1 is 1.31 bits per heavy atom. The number of fused-ring (bicyclic) bond motifs is 1. The van der Waals surface area contributed by atoms with Crippen LogP contribution in [0.1, 0.15) is 29.2 Å². The number of aliphatic carboxylic acids is 1. The molecule has 2 unspecified atom stereocenters. The molecule has 0 fully saturated rings. The number of carbonyl (C=O) groups is 1. The number of hydrogen-bond acceptors (Lipinski definition) is 4. The first kappa shape index (κ1) is 18.7. The molecule has 0 saturated heterocycles. The highest BCUT2D eigenvalue weighted by molar-refractivity contribution is 6.30. The van der Waals surface area contributed by atoms with Gasteiger partial charge in [-0.2, -0.15) is 0 Å². The number of rotatable bonds is 7. The van der Waals surface area contributed by atoms with E-state index in [9.17, 15) is 9.90 Å². The molecule has 0 radical (unpaired) electrons. The van der Waals surface area contributed by atoms with Gasteiger partial charge in [0.05, 0.1) is 12.5 Å². The average molecular weight is 376 g/mol. The van der Waals surface area contributed by atoms with Gasteiger partial charge in [-0.05, 0) is 47.7 Å². The third-order valence-electron chi connectivity index (χ3n) is 4.45. The summed E-state index contributed by atoms with van der Waals surface area (Å²) < 4.78 is 5.99. The first-order valence-electron chi connectivity index (χ1n) is 8.66. The van der Waals surface area contributed by atoms with Gasteiger partial charge in [0.2, 0.25) is 0 Å². The topological polar surface area (TPSA) is 78.8 Å². The maximum absolute atomic E-state index is 10.8. The number of nitrogens with one attached hydrogen (secondary N) is 1. The Morgan fingerprint density at radius 3 is 2.92 bits per heavy atom. The van der Waals surface area contributed by atoms with E-state index in [-0.39, 0.29) is 12.5 Å². The van der Waals surface area contributed by atoms with E-state index in [1.807, 2.05) is 24.3 Å². The molecule has 138 valence electrons. The van der Waals surface area contributed by atoms with Crippen LogP contribution in [0.25, 0.3) is 0 Å². The molecule has 0 saturated carbocycles. The number of halogens is 1. The molecule has 6 heteroatoms. The molecule has 0 aliphatic carbocycles. The molecule has 0 aromatic heterocycles. The van der Waals surface area contributed by atoms with E-state index in [0.717, 1.165) is 35.3 Å². The maximum Gasteiger partial charge on any atom is 0.307 e. The lowest BCUT2D eigenvalue weighted by Gasteiger charge is -2.27. The van der Waals surface area contributed by atoms with Gasteiger partial charge in [0, 0.05) is 18.1 Å². The fourth-order valence-electron chi connectivity index (χ4n) is 3.14. The summed E-state index contributed by atoms with van der Waals surface area (Å²) in [5.41, 5.74) is 2.63. The zero-order chi connectivity index (χ0) is 18.5. The zero-order valence-corrected chi connectivity index (χ0v) is 15.1. The quantitative estimate of drug-likeness (QED) is 0.693. The lowest BCUT2D eigenvalue weighted by Crippen LogP contribution is -2.36. The maximum atomic E-state index is 10.8. The van der Waals surface area contributed by atoms with E-state index in [2.05, 4.69) is 5.32 Å². The predicted octanol–water partition coefficient (Wildman–Crippen LogP) is 2.98. The van der Waals surface area contributed by atoms with Crippen molar-refractivity contribution in [3.8, 4) is 5.75 Å². The summed E-state index contributed by atoms with van der Waals surface area (Å²) in [5.74, 6) is -0.0189. The van der Waals surface area contributed by atoms with E-state index in [4.69, 9.17) is 21.4 Å². The number of aliphatic hydroxyl groups excluding tert-OH is 1. The van der Waals surface area contributed by atoms with E-state index in [1.165, 1.54) is 0 Å². The summed E-state index contributed by atoms with van der Waals surface area (Å²) in [6.07, 6.45) is 1.14. The number of aliphatic hydroxyl groups is 1. The summed E-state index contributed by atoms with van der Waals surface area (Å²) in [4.78, 5) is 10.8. The van der Waals surface area contributed by atoms with Gasteiger partial charge in [0.25, 0.3) is 0 Å². The Bertz CT molecular complexity index is 780. The van der Waals surface area contributed by atoms with Crippen LogP contribution < -0.4 is 10.1 Å². The van der Waals surface area contributed by atoms with Gasteiger partial charge in [-0.15, -0.1) is 0 Å². The van der Waals surface area contributed by atoms with Crippen molar-refractivity contribution in [1.29, 1.82) is 0 Å². The van der Waals surface area contributed by atoms with E-state index in [1.54, 1.807) is 18.2 Å². The second kappa shape index (κ2) is 8.54. The second-order valence-corrected chi connectivity index (χ2v) is 6.96. The molecule has 26 heavy (non-hydrogen) atoms. The van der Waals surface area contributed by atoms with Crippen LogP contribution in [0, 0.1) is 0 Å². The van der Waals surface area contributed by atoms with Gasteiger partial charge >= 0.3 is 5.97 Å². The van der Waals surface area contributed by atoms with Crippen LogP contribution in [0.3, 0.4) is 0 Å². The van der Waals surface area contributed by atoms with Gasteiger partial charge in [-0.25, -0.2) is 0 Å².